The molecule has 4 heteroatoms. The second-order valence-corrected chi connectivity index (χ2v) is 5.89. The number of hydrogen-bond acceptors (Lipinski definition) is 2. The largest absolute Gasteiger partial charge is 0.317 e. The van der Waals surface area contributed by atoms with Crippen molar-refractivity contribution in [1.82, 2.24) is 4.98 Å². The van der Waals surface area contributed by atoms with E-state index in [1.165, 1.54) is 5.56 Å². The van der Waals surface area contributed by atoms with E-state index in [4.69, 9.17) is 11.6 Å². The smallest absolute Gasteiger partial charge is 0.249 e. The molecule has 0 unspecified atom stereocenters. The van der Waals surface area contributed by atoms with Crippen molar-refractivity contribution < 1.29 is 0 Å². The average Bonchev–Trinajstić information content (AvgIpc) is 2.46. The van der Waals surface area contributed by atoms with Gasteiger partial charge in [0.05, 0.1) is 5.03 Å². The molecular formula is C16H12ClNOS. The van der Waals surface area contributed by atoms with Crippen molar-refractivity contribution in [3.8, 4) is 0 Å². The summed E-state index contributed by atoms with van der Waals surface area (Å²) in [6, 6.07) is 17.3. The van der Waals surface area contributed by atoms with Crippen LogP contribution in [0.25, 0.3) is 10.8 Å². The van der Waals surface area contributed by atoms with Crippen molar-refractivity contribution in [2.75, 3.05) is 0 Å². The molecule has 100 valence electrons. The molecule has 0 aliphatic rings. The minimum absolute atomic E-state index is 0.0876. The lowest BCUT2D eigenvalue weighted by Crippen LogP contribution is -2.05. The Balaban J connectivity index is 1.98. The van der Waals surface area contributed by atoms with Crippen LogP contribution >= 0.6 is 23.4 Å². The predicted octanol–water partition coefficient (Wildman–Crippen LogP) is 4.47. The van der Waals surface area contributed by atoms with E-state index in [9.17, 15) is 4.79 Å². The predicted molar refractivity (Wildman–Crippen MR) is 85.6 cm³/mol. The summed E-state index contributed by atoms with van der Waals surface area (Å²) in [5.41, 5.74) is 1.13. The van der Waals surface area contributed by atoms with E-state index >= 15 is 0 Å². The monoisotopic (exact) mass is 301 g/mol. The van der Waals surface area contributed by atoms with E-state index in [2.05, 4.69) is 17.1 Å². The van der Waals surface area contributed by atoms with Gasteiger partial charge in [-0.3, -0.25) is 4.79 Å². The number of halogens is 1. The maximum Gasteiger partial charge on any atom is 0.249 e. The Morgan fingerprint density at radius 2 is 1.85 bits per heavy atom. The molecule has 3 rings (SSSR count). The van der Waals surface area contributed by atoms with Crippen LogP contribution in [-0.2, 0) is 5.75 Å². The topological polar surface area (TPSA) is 32.9 Å². The number of pyridine rings is 1. The van der Waals surface area contributed by atoms with Gasteiger partial charge in [0.25, 0.3) is 0 Å². The molecule has 0 aliphatic heterocycles. The van der Waals surface area contributed by atoms with E-state index in [1.807, 2.05) is 30.3 Å². The van der Waals surface area contributed by atoms with Crippen molar-refractivity contribution in [1.29, 1.82) is 0 Å². The fourth-order valence-corrected chi connectivity index (χ4v) is 3.23. The third-order valence-electron chi connectivity index (χ3n) is 3.01. The van der Waals surface area contributed by atoms with Gasteiger partial charge in [-0.25, -0.2) is 0 Å². The first-order chi connectivity index (χ1) is 9.72. The van der Waals surface area contributed by atoms with E-state index < -0.39 is 0 Å². The first-order valence-electron chi connectivity index (χ1n) is 6.22. The highest BCUT2D eigenvalue weighted by atomic mass is 35.5. The summed E-state index contributed by atoms with van der Waals surface area (Å²) in [6.07, 6.45) is 0. The number of aromatic amines is 1. The van der Waals surface area contributed by atoms with Gasteiger partial charge < -0.3 is 4.98 Å². The standard InChI is InChI=1S/C16H12ClNOS/c17-13-7-6-12-8-15(19)18-16(14(12)9-13)20-10-11-4-2-1-3-5-11/h1-9H,10H2,(H,18,19). The Kier molecular flexibility index (Phi) is 3.81. The second-order valence-electron chi connectivity index (χ2n) is 4.47. The zero-order valence-corrected chi connectivity index (χ0v) is 12.2. The SMILES string of the molecule is O=c1cc2ccc(Cl)cc2c(SCc2ccccc2)[nH]1. The molecule has 0 aliphatic carbocycles. The molecule has 2 aromatic carbocycles. The summed E-state index contributed by atoms with van der Waals surface area (Å²) in [6.45, 7) is 0. The minimum atomic E-state index is -0.0876. The number of aromatic nitrogens is 1. The van der Waals surface area contributed by atoms with Crippen molar-refractivity contribution in [3.63, 3.8) is 0 Å². The molecule has 0 fully saturated rings. The van der Waals surface area contributed by atoms with E-state index in [0.29, 0.717) is 5.02 Å². The van der Waals surface area contributed by atoms with Crippen LogP contribution in [0.3, 0.4) is 0 Å². The molecule has 0 saturated carbocycles. The van der Waals surface area contributed by atoms with Gasteiger partial charge in [0.2, 0.25) is 5.56 Å². The van der Waals surface area contributed by atoms with Crippen molar-refractivity contribution >= 4 is 34.1 Å². The Bertz CT molecular complexity index is 798. The van der Waals surface area contributed by atoms with Crippen molar-refractivity contribution in [2.24, 2.45) is 0 Å². The Morgan fingerprint density at radius 1 is 1.05 bits per heavy atom. The molecule has 0 radical (unpaired) electrons. The number of thioether (sulfide) groups is 1. The van der Waals surface area contributed by atoms with Crippen LogP contribution in [0, 0.1) is 0 Å². The lowest BCUT2D eigenvalue weighted by Gasteiger charge is -2.06. The molecule has 1 N–H and O–H groups in total. The summed E-state index contributed by atoms with van der Waals surface area (Å²) in [5.74, 6) is 0.808. The molecular weight excluding hydrogens is 290 g/mol. The van der Waals surface area contributed by atoms with Crippen LogP contribution in [0.15, 0.2) is 64.4 Å². The maximum atomic E-state index is 11.7. The van der Waals surface area contributed by atoms with Crippen LogP contribution in [0.4, 0.5) is 0 Å². The van der Waals surface area contributed by atoms with Gasteiger partial charge in [-0.15, -0.1) is 11.8 Å². The van der Waals surface area contributed by atoms with Gasteiger partial charge in [0, 0.05) is 22.2 Å². The number of H-pyrrole nitrogens is 1. The van der Waals surface area contributed by atoms with Gasteiger partial charge in [0.15, 0.2) is 0 Å². The van der Waals surface area contributed by atoms with Gasteiger partial charge in [-0.1, -0.05) is 48.0 Å². The quantitative estimate of drug-likeness (QED) is 0.724. The van der Waals surface area contributed by atoms with E-state index in [-0.39, 0.29) is 5.56 Å². The van der Waals surface area contributed by atoms with Gasteiger partial charge in [-0.2, -0.15) is 0 Å². The highest BCUT2D eigenvalue weighted by Gasteiger charge is 2.05. The fraction of sp³-hybridized carbons (Fsp3) is 0.0625. The first-order valence-corrected chi connectivity index (χ1v) is 7.58. The molecule has 20 heavy (non-hydrogen) atoms. The molecule has 2 nitrogen and oxygen atoms in total. The normalized spacial score (nSPS) is 10.8. The molecule has 0 bridgehead atoms. The molecule has 0 atom stereocenters. The average molecular weight is 302 g/mol. The van der Waals surface area contributed by atoms with E-state index in [1.54, 1.807) is 23.9 Å². The number of nitrogens with one attached hydrogen (secondary N) is 1. The summed E-state index contributed by atoms with van der Waals surface area (Å²) in [5, 5.41) is 3.43. The third-order valence-corrected chi connectivity index (χ3v) is 4.33. The summed E-state index contributed by atoms with van der Waals surface area (Å²) < 4.78 is 0. The lowest BCUT2D eigenvalue weighted by molar-refractivity contribution is 1.11. The van der Waals surface area contributed by atoms with Crippen LogP contribution in [0.1, 0.15) is 5.56 Å². The maximum absolute atomic E-state index is 11.7. The fourth-order valence-electron chi connectivity index (χ4n) is 2.05. The van der Waals surface area contributed by atoms with Gasteiger partial charge >= 0.3 is 0 Å². The van der Waals surface area contributed by atoms with Gasteiger partial charge in [0.1, 0.15) is 0 Å². The Hall–Kier alpha value is -1.71. The Morgan fingerprint density at radius 3 is 2.65 bits per heavy atom. The molecule has 1 heterocycles. The summed E-state index contributed by atoms with van der Waals surface area (Å²) >= 11 is 7.66. The van der Waals surface area contributed by atoms with Crippen LogP contribution in [0.2, 0.25) is 5.02 Å². The van der Waals surface area contributed by atoms with Crippen molar-refractivity contribution in [3.05, 3.63) is 75.5 Å². The lowest BCUT2D eigenvalue weighted by atomic mass is 10.2. The summed E-state index contributed by atoms with van der Waals surface area (Å²) in [7, 11) is 0. The van der Waals surface area contributed by atoms with Crippen LogP contribution in [0.5, 0.6) is 0 Å². The number of hydrogen-bond donors (Lipinski definition) is 1. The highest BCUT2D eigenvalue weighted by Crippen LogP contribution is 2.29. The molecule has 0 amide bonds. The highest BCUT2D eigenvalue weighted by molar-refractivity contribution is 7.98. The zero-order chi connectivity index (χ0) is 13.9. The Labute approximate surface area is 125 Å². The van der Waals surface area contributed by atoms with Crippen LogP contribution < -0.4 is 5.56 Å². The summed E-state index contributed by atoms with van der Waals surface area (Å²) in [4.78, 5) is 14.6. The third kappa shape index (κ3) is 2.89. The van der Waals surface area contributed by atoms with Crippen molar-refractivity contribution in [2.45, 2.75) is 10.8 Å². The zero-order valence-electron chi connectivity index (χ0n) is 10.6. The molecule has 1 aromatic heterocycles. The first kappa shape index (κ1) is 13.3. The van der Waals surface area contributed by atoms with E-state index in [0.717, 1.165) is 21.6 Å². The molecule has 0 saturated heterocycles. The minimum Gasteiger partial charge on any atom is -0.317 e. The van der Waals surface area contributed by atoms with Crippen LogP contribution in [-0.4, -0.2) is 4.98 Å². The molecule has 3 aromatic rings. The molecule has 0 spiro atoms. The number of fused-ring (bicyclic) bond motifs is 1. The number of benzene rings is 2. The van der Waals surface area contributed by atoms with Gasteiger partial charge in [-0.05, 0) is 23.1 Å². The second kappa shape index (κ2) is 5.73. The number of rotatable bonds is 3.